The van der Waals surface area contributed by atoms with Gasteiger partial charge in [0.2, 0.25) is 0 Å². The Morgan fingerprint density at radius 3 is 0.845 bits per heavy atom. The van der Waals surface area contributed by atoms with Crippen LogP contribution in [0.4, 0.5) is 0 Å². The van der Waals surface area contributed by atoms with Gasteiger partial charge in [-0.1, -0.05) is 310 Å². The van der Waals surface area contributed by atoms with E-state index < -0.39 is 24.3 Å². The van der Waals surface area contributed by atoms with E-state index in [0.29, 0.717) is 17.4 Å². The Balaban J connectivity index is 4.21. The van der Waals surface area contributed by atoms with Crippen LogP contribution in [0.5, 0.6) is 0 Å². The van der Waals surface area contributed by atoms with Crippen molar-refractivity contribution in [3.63, 3.8) is 0 Å². The summed E-state index contributed by atoms with van der Waals surface area (Å²) in [5, 5.41) is 11.8. The van der Waals surface area contributed by atoms with Crippen LogP contribution in [0.25, 0.3) is 0 Å². The number of quaternary nitrogens is 1. The van der Waals surface area contributed by atoms with Gasteiger partial charge >= 0.3 is 11.9 Å². The zero-order chi connectivity index (χ0) is 70.4. The van der Waals surface area contributed by atoms with Gasteiger partial charge in [-0.05, 0) is 154 Å². The van der Waals surface area contributed by atoms with Crippen LogP contribution in [0.3, 0.4) is 0 Å². The number of carbonyl (C=O) groups excluding carboxylic acids is 3. The summed E-state index contributed by atoms with van der Waals surface area (Å²) in [4.78, 5) is 37.5. The second kappa shape index (κ2) is 75.4. The van der Waals surface area contributed by atoms with Crippen molar-refractivity contribution in [1.29, 1.82) is 0 Å². The van der Waals surface area contributed by atoms with Crippen molar-refractivity contribution in [1.82, 2.24) is 0 Å². The molecule has 9 nitrogen and oxygen atoms in total. The quantitative estimate of drug-likeness (QED) is 0.0195. The molecule has 542 valence electrons. The monoisotopic (exact) mass is 1340 g/mol. The van der Waals surface area contributed by atoms with Crippen molar-refractivity contribution >= 4 is 17.9 Å². The molecule has 0 fully saturated rings. The fraction of sp³-hybridized carbons (Fsp3) is 0.557. The Hall–Kier alpha value is -6.39. The van der Waals surface area contributed by atoms with Gasteiger partial charge in [0.25, 0.3) is 0 Å². The van der Waals surface area contributed by atoms with Crippen molar-refractivity contribution in [2.75, 3.05) is 47.5 Å². The average Bonchev–Trinajstić information content (AvgIpc) is 2.59. The average molecular weight is 1340 g/mol. The summed E-state index contributed by atoms with van der Waals surface area (Å²) in [6.07, 6.45) is 116. The van der Waals surface area contributed by atoms with Crippen molar-refractivity contribution in [3.05, 3.63) is 219 Å². The minimum atomic E-state index is -1.65. The third-order valence-corrected chi connectivity index (χ3v) is 15.2. The number of aliphatic carboxylic acids is 1. The number of carboxylic acid groups (broad SMARTS) is 1. The van der Waals surface area contributed by atoms with Crippen LogP contribution in [-0.2, 0) is 33.3 Å². The number of allylic oxidation sites excluding steroid dienone is 36. The second-order valence-electron chi connectivity index (χ2n) is 25.5. The molecule has 0 aliphatic carbocycles. The summed E-state index contributed by atoms with van der Waals surface area (Å²) >= 11 is 0. The van der Waals surface area contributed by atoms with Gasteiger partial charge in [0.15, 0.2) is 12.4 Å². The van der Waals surface area contributed by atoms with Gasteiger partial charge in [0.1, 0.15) is 13.2 Å². The van der Waals surface area contributed by atoms with Gasteiger partial charge < -0.3 is 33.3 Å². The van der Waals surface area contributed by atoms with Crippen LogP contribution < -0.4 is 5.11 Å². The maximum atomic E-state index is 12.9. The van der Waals surface area contributed by atoms with E-state index in [1.54, 1.807) is 0 Å². The van der Waals surface area contributed by atoms with Crippen LogP contribution in [0.2, 0.25) is 0 Å². The Morgan fingerprint density at radius 2 is 0.557 bits per heavy atom. The molecular formula is C88H137NO8. The Bertz CT molecular complexity index is 2400. The lowest BCUT2D eigenvalue weighted by Crippen LogP contribution is -2.44. The lowest BCUT2D eigenvalue weighted by Gasteiger charge is -2.26. The molecule has 97 heavy (non-hydrogen) atoms. The highest BCUT2D eigenvalue weighted by molar-refractivity contribution is 5.70. The van der Waals surface area contributed by atoms with Crippen molar-refractivity contribution in [2.24, 2.45) is 0 Å². The highest BCUT2D eigenvalue weighted by Gasteiger charge is 2.22. The minimum absolute atomic E-state index is 0.128. The lowest BCUT2D eigenvalue weighted by molar-refractivity contribution is -0.870. The van der Waals surface area contributed by atoms with E-state index in [9.17, 15) is 19.5 Å². The van der Waals surface area contributed by atoms with Crippen molar-refractivity contribution in [2.45, 2.75) is 270 Å². The maximum absolute atomic E-state index is 12.9. The highest BCUT2D eigenvalue weighted by Crippen LogP contribution is 2.16. The number of hydrogen-bond donors (Lipinski definition) is 0. The van der Waals surface area contributed by atoms with Crippen LogP contribution in [0, 0.1) is 0 Å². The van der Waals surface area contributed by atoms with E-state index in [0.717, 1.165) is 154 Å². The fourth-order valence-electron chi connectivity index (χ4n) is 9.52. The molecule has 0 saturated heterocycles. The summed E-state index contributed by atoms with van der Waals surface area (Å²) in [5.41, 5.74) is 0. The molecule has 2 unspecified atom stereocenters. The summed E-state index contributed by atoms with van der Waals surface area (Å²) < 4.78 is 22.7. The van der Waals surface area contributed by atoms with E-state index in [4.69, 9.17) is 18.9 Å². The van der Waals surface area contributed by atoms with Crippen molar-refractivity contribution in [3.8, 4) is 0 Å². The van der Waals surface area contributed by atoms with Crippen molar-refractivity contribution < 1.29 is 42.9 Å². The standard InChI is InChI=1S/C88H137NO8/c1-6-8-10-12-14-16-18-20-22-24-26-28-30-32-34-36-38-40-41-42-43-44-45-47-48-50-52-54-56-58-60-62-64-66-68-70-72-74-76-78-85(90)95-82-84(83-96-88(87(92)93)94-81-80-89(3,4)5)97-86(91)79-77-75-73-71-69-67-65-63-61-59-57-55-53-51-49-46-39-37-35-33-31-29-27-25-23-21-19-17-15-13-11-9-7-2/h8-11,14-17,20-23,26-29,32-35,38-40,42-43,45-47,51,53,57,59,63,65,69,71,84,88H,6-7,12-13,18-19,24-25,30-31,36-37,41,44,48-50,52,54-56,58,60-62,64,66-68,70,72-83H2,1-5H3/b10-8-,11-9-,16-14-,17-15-,22-20-,23-21-,28-26-,29-27-,34-32-,35-33-,40-38-,43-42-,46-39-,47-45-,53-51-,59-57-,65-63-,71-69-. The lowest BCUT2D eigenvalue weighted by atomic mass is 10.0. The van der Waals surface area contributed by atoms with E-state index in [2.05, 4.69) is 233 Å². The van der Waals surface area contributed by atoms with E-state index in [1.807, 2.05) is 21.1 Å². The summed E-state index contributed by atoms with van der Waals surface area (Å²) in [6.45, 7) is 4.45. The summed E-state index contributed by atoms with van der Waals surface area (Å²) in [7, 11) is 5.90. The molecule has 0 spiro atoms. The summed E-state index contributed by atoms with van der Waals surface area (Å²) in [6, 6.07) is 0. The summed E-state index contributed by atoms with van der Waals surface area (Å²) in [5.74, 6) is -2.36. The third kappa shape index (κ3) is 76.8. The van der Waals surface area contributed by atoms with Crippen LogP contribution in [0.1, 0.15) is 258 Å². The number of unbranched alkanes of at least 4 members (excludes halogenated alkanes) is 16. The Labute approximate surface area is 594 Å². The molecule has 0 aliphatic rings. The number of likely N-dealkylation sites (N-methyl/N-ethyl adjacent to an activating group) is 1. The zero-order valence-electron chi connectivity index (χ0n) is 61.9. The number of ether oxygens (including phenoxy) is 4. The van der Waals surface area contributed by atoms with Crippen LogP contribution in [0.15, 0.2) is 219 Å². The molecule has 0 N–H and O–H groups in total. The molecular weight excluding hydrogens is 1200 g/mol. The number of hydrogen-bond acceptors (Lipinski definition) is 8. The predicted octanol–water partition coefficient (Wildman–Crippen LogP) is 23.1. The molecule has 0 aromatic carbocycles. The Morgan fingerprint density at radius 1 is 0.309 bits per heavy atom. The molecule has 0 rings (SSSR count). The van der Waals surface area contributed by atoms with Crippen LogP contribution in [-0.4, -0.2) is 82.3 Å². The largest absolute Gasteiger partial charge is 0.545 e. The van der Waals surface area contributed by atoms with Gasteiger partial charge in [0, 0.05) is 12.8 Å². The van der Waals surface area contributed by atoms with E-state index in [-0.39, 0.29) is 38.6 Å². The molecule has 0 aromatic rings. The van der Waals surface area contributed by atoms with Gasteiger partial charge in [-0.3, -0.25) is 9.59 Å². The first-order valence-electron chi connectivity index (χ1n) is 37.9. The SMILES string of the molecule is CC/C=C\C/C=C\C/C=C\C/C=C\C/C=C\C/C=C\C/C=C\C/C=C\C/C=C\C/C=C\CCCCC(=O)OC(COC(=O)CCCCCCCCCCCCCCCC/C=C\C/C=C\C/C=C\C/C=C\C/C=C\C/C=C\C/C=C\C/C=C\CC)COC(OCC[N+](C)(C)C)C(=O)[O-]. The first-order valence-corrected chi connectivity index (χ1v) is 37.9. The second-order valence-corrected chi connectivity index (χ2v) is 25.5. The third-order valence-electron chi connectivity index (χ3n) is 15.2. The first-order chi connectivity index (χ1) is 47.6. The molecule has 0 bridgehead atoms. The Kier molecular flexibility index (Phi) is 70.4. The predicted molar refractivity (Wildman–Crippen MR) is 416 cm³/mol. The number of carboxylic acids is 1. The molecule has 0 heterocycles. The van der Waals surface area contributed by atoms with Gasteiger partial charge in [-0.25, -0.2) is 0 Å². The topological polar surface area (TPSA) is 111 Å². The maximum Gasteiger partial charge on any atom is 0.306 e. The first kappa shape index (κ1) is 90.6. The number of nitrogens with zero attached hydrogens (tertiary/aromatic N) is 1. The number of rotatable bonds is 67. The van der Waals surface area contributed by atoms with Gasteiger partial charge in [0.05, 0.1) is 40.3 Å². The van der Waals surface area contributed by atoms with Gasteiger partial charge in [-0.15, -0.1) is 0 Å². The molecule has 0 radical (unpaired) electrons. The molecule has 0 amide bonds. The smallest absolute Gasteiger partial charge is 0.306 e. The van der Waals surface area contributed by atoms with E-state index >= 15 is 0 Å². The fourth-order valence-corrected chi connectivity index (χ4v) is 9.52. The minimum Gasteiger partial charge on any atom is -0.545 e. The van der Waals surface area contributed by atoms with Crippen LogP contribution >= 0.6 is 0 Å². The number of carbonyl (C=O) groups is 3. The zero-order valence-corrected chi connectivity index (χ0v) is 61.9. The molecule has 0 saturated carbocycles. The molecule has 9 heteroatoms. The molecule has 0 aromatic heterocycles. The van der Waals surface area contributed by atoms with E-state index in [1.165, 1.54) is 70.6 Å². The highest BCUT2D eigenvalue weighted by atomic mass is 16.7. The molecule has 2 atom stereocenters. The normalized spacial score (nSPS) is 13.9. The van der Waals surface area contributed by atoms with Gasteiger partial charge in [-0.2, -0.15) is 0 Å². The number of esters is 2. The molecule has 0 aliphatic heterocycles.